The molecule has 46 heavy (non-hydrogen) atoms. The summed E-state index contributed by atoms with van der Waals surface area (Å²) in [6.07, 6.45) is -6.72. The highest BCUT2D eigenvalue weighted by molar-refractivity contribution is 5.81. The number of carbonyl (C=O) groups is 2. The zero-order valence-corrected chi connectivity index (χ0v) is 25.2. The zero-order chi connectivity index (χ0) is 32.5. The monoisotopic (exact) mass is 645 g/mol. The summed E-state index contributed by atoms with van der Waals surface area (Å²) < 4.78 is 44.3. The lowest BCUT2D eigenvalue weighted by atomic mass is 9.65. The molecule has 0 radical (unpaired) electrons. The molecule has 2 aromatic rings. The molecule has 248 valence electrons. The van der Waals surface area contributed by atoms with Crippen LogP contribution >= 0.6 is 0 Å². The quantitative estimate of drug-likeness (QED) is 0.267. The minimum absolute atomic E-state index is 0.0192. The minimum atomic E-state index is -2.46. The van der Waals surface area contributed by atoms with Crippen LogP contribution in [0.25, 0.3) is 0 Å². The summed E-state index contributed by atoms with van der Waals surface area (Å²) in [5.41, 5.74) is 1.82. The van der Waals surface area contributed by atoms with Gasteiger partial charge in [-0.05, 0) is 47.9 Å². The topological polar surface area (TPSA) is 201 Å². The van der Waals surface area contributed by atoms with E-state index in [1.165, 1.54) is 14.2 Å². The summed E-state index contributed by atoms with van der Waals surface area (Å²) in [6.45, 7) is 1.56. The summed E-state index contributed by atoms with van der Waals surface area (Å²) in [5, 5.41) is 46.4. The van der Waals surface area contributed by atoms with E-state index < -0.39 is 78.6 Å². The molecule has 3 fully saturated rings. The van der Waals surface area contributed by atoms with Gasteiger partial charge in [-0.15, -0.1) is 0 Å². The Morgan fingerprint density at radius 1 is 1.02 bits per heavy atom. The molecule has 15 heteroatoms. The van der Waals surface area contributed by atoms with Crippen molar-refractivity contribution >= 4 is 11.9 Å². The van der Waals surface area contributed by atoms with E-state index in [-0.39, 0.29) is 37.3 Å². The van der Waals surface area contributed by atoms with Gasteiger partial charge in [0.1, 0.15) is 24.4 Å². The number of nitrogens with one attached hydrogen (secondary N) is 1. The number of methoxy groups -OCH3 is 2. The van der Waals surface area contributed by atoms with Crippen LogP contribution in [0.15, 0.2) is 24.3 Å². The van der Waals surface area contributed by atoms with Gasteiger partial charge in [-0.1, -0.05) is 0 Å². The lowest BCUT2D eigenvalue weighted by Crippen LogP contribution is -2.68. The maximum absolute atomic E-state index is 13.7. The number of carbonyl (C=O) groups excluding carboxylic acids is 2. The Morgan fingerprint density at radius 3 is 2.37 bits per heavy atom. The van der Waals surface area contributed by atoms with Gasteiger partial charge in [0.25, 0.3) is 0 Å². The Bertz CT molecular complexity index is 1520. The Hall–Kier alpha value is -3.86. The molecule has 5 N–H and O–H groups in total. The van der Waals surface area contributed by atoms with Crippen molar-refractivity contribution in [3.63, 3.8) is 0 Å². The van der Waals surface area contributed by atoms with Gasteiger partial charge >= 0.3 is 5.97 Å². The van der Waals surface area contributed by atoms with Crippen LogP contribution in [0, 0.1) is 11.8 Å². The van der Waals surface area contributed by atoms with Crippen LogP contribution in [0.4, 0.5) is 0 Å². The van der Waals surface area contributed by atoms with Crippen molar-refractivity contribution in [3.8, 4) is 28.7 Å². The van der Waals surface area contributed by atoms with E-state index in [0.717, 1.165) is 0 Å². The predicted octanol–water partition coefficient (Wildman–Crippen LogP) is 0.191. The van der Waals surface area contributed by atoms with E-state index in [4.69, 9.17) is 37.9 Å². The number of rotatable bonds is 6. The number of phenolic OH excluding ortho intramolecular Hbond substituents is 1. The zero-order valence-electron chi connectivity index (χ0n) is 25.2. The molecule has 0 saturated carbocycles. The van der Waals surface area contributed by atoms with Gasteiger partial charge < -0.3 is 63.6 Å². The molecule has 1 unspecified atom stereocenters. The Labute approximate surface area is 262 Å². The number of aliphatic hydroxyl groups is 3. The molecule has 7 rings (SSSR count). The molecule has 4 aliphatic heterocycles. The number of benzene rings is 2. The first-order chi connectivity index (χ1) is 22.0. The van der Waals surface area contributed by atoms with Crippen LogP contribution in [0.5, 0.6) is 28.7 Å². The van der Waals surface area contributed by atoms with Gasteiger partial charge in [0, 0.05) is 11.8 Å². The van der Waals surface area contributed by atoms with Crippen molar-refractivity contribution < 1.29 is 67.9 Å². The number of aromatic hydroxyl groups is 1. The predicted molar refractivity (Wildman–Crippen MR) is 151 cm³/mol. The highest BCUT2D eigenvalue weighted by atomic mass is 16.7. The van der Waals surface area contributed by atoms with E-state index in [2.05, 4.69) is 5.32 Å². The van der Waals surface area contributed by atoms with Crippen LogP contribution < -0.4 is 24.3 Å². The average Bonchev–Trinajstić information content (AvgIpc) is 3.66. The Balaban J connectivity index is 1.24. The lowest BCUT2D eigenvalue weighted by Gasteiger charge is -2.49. The molecule has 5 aliphatic rings. The number of amides is 1. The molecule has 2 aromatic carbocycles. The van der Waals surface area contributed by atoms with Gasteiger partial charge in [-0.25, -0.2) is 0 Å². The largest absolute Gasteiger partial charge is 0.502 e. The molecule has 15 nitrogen and oxygen atoms in total. The normalized spacial score (nSPS) is 35.8. The smallest absolute Gasteiger partial charge is 0.310 e. The first-order valence-corrected chi connectivity index (χ1v) is 14.9. The Morgan fingerprint density at radius 2 is 1.70 bits per heavy atom. The van der Waals surface area contributed by atoms with Crippen molar-refractivity contribution in [1.82, 2.24) is 5.32 Å². The molecule has 3 saturated heterocycles. The average molecular weight is 646 g/mol. The van der Waals surface area contributed by atoms with Crippen LogP contribution in [0.2, 0.25) is 0 Å². The first kappa shape index (κ1) is 30.8. The van der Waals surface area contributed by atoms with Crippen LogP contribution in [0.1, 0.15) is 42.0 Å². The van der Waals surface area contributed by atoms with E-state index in [1.54, 1.807) is 31.2 Å². The minimum Gasteiger partial charge on any atom is -0.502 e. The number of aliphatic hydroxyl groups excluding tert-OH is 2. The van der Waals surface area contributed by atoms with Crippen molar-refractivity contribution in [2.24, 2.45) is 11.8 Å². The fourth-order valence-corrected chi connectivity index (χ4v) is 7.30. The fourth-order valence-electron chi connectivity index (χ4n) is 7.30. The van der Waals surface area contributed by atoms with Crippen LogP contribution in [0.3, 0.4) is 0 Å². The summed E-state index contributed by atoms with van der Waals surface area (Å²) in [7, 11) is 2.80. The van der Waals surface area contributed by atoms with Gasteiger partial charge in [-0.2, -0.15) is 0 Å². The number of phenols is 1. The maximum atomic E-state index is 13.7. The number of ether oxygens (including phenoxy) is 8. The second-order valence-corrected chi connectivity index (χ2v) is 12.1. The van der Waals surface area contributed by atoms with E-state index in [0.29, 0.717) is 28.2 Å². The van der Waals surface area contributed by atoms with E-state index >= 15 is 0 Å². The van der Waals surface area contributed by atoms with Crippen molar-refractivity contribution in [2.45, 2.75) is 61.8 Å². The molecular weight excluding hydrogens is 610 g/mol. The third kappa shape index (κ3) is 4.89. The fraction of sp³-hybridized carbons (Fsp3) is 0.548. The van der Waals surface area contributed by atoms with E-state index in [9.17, 15) is 30.0 Å². The van der Waals surface area contributed by atoms with E-state index in [1.807, 2.05) is 0 Å². The van der Waals surface area contributed by atoms with Crippen molar-refractivity contribution in [3.05, 3.63) is 41.0 Å². The standard InChI is InChI=1S/C31H35NO14/c1-12-41-10-21-28(45-12)27(35)29(36)31(38,46-21)8-22(33)32-25-15-7-18-17(43-11-44-18)6-14(15)23(24-16(25)9-42-30(24)37)13-4-19(39-2)26(34)20(5-13)40-3/h4-7,12,16,21,23-25,27-29,34-36,38H,8-11H2,1-3H3,(H,32,33)/t12?,16-,21+,23+,24-,25+,27-,28-,29+,31-/m0/s1. The highest BCUT2D eigenvalue weighted by Gasteiger charge is 2.57. The number of cyclic esters (lactones) is 1. The first-order valence-electron chi connectivity index (χ1n) is 14.9. The SMILES string of the molecule is COc1cc([C@@H]2c3cc4c(cc3[C@@H](NC(=O)C[C@]3(O)O[C@@H]5COC(C)O[C@@H]5[C@H](O)[C@H]3O)[C@H]3COC(=O)[C@H]23)OCO4)cc(OC)c1O. The molecule has 0 spiro atoms. The molecule has 10 atom stereocenters. The lowest BCUT2D eigenvalue weighted by molar-refractivity contribution is -0.388. The Kier molecular flexibility index (Phi) is 7.65. The molecule has 0 aromatic heterocycles. The van der Waals surface area contributed by atoms with Crippen molar-refractivity contribution in [1.29, 1.82) is 0 Å². The molecule has 1 aliphatic carbocycles. The summed E-state index contributed by atoms with van der Waals surface area (Å²) in [6, 6.07) is 5.91. The summed E-state index contributed by atoms with van der Waals surface area (Å²) >= 11 is 0. The maximum Gasteiger partial charge on any atom is 0.310 e. The summed E-state index contributed by atoms with van der Waals surface area (Å²) in [4.78, 5) is 27.1. The number of hydrogen-bond donors (Lipinski definition) is 5. The molecular formula is C31H35NO14. The second-order valence-electron chi connectivity index (χ2n) is 12.1. The van der Waals surface area contributed by atoms with Crippen LogP contribution in [-0.4, -0.2) is 103 Å². The third-order valence-electron chi connectivity index (χ3n) is 9.47. The second kappa shape index (κ2) is 11.4. The van der Waals surface area contributed by atoms with Gasteiger partial charge in [0.15, 0.2) is 29.3 Å². The number of fused-ring (bicyclic) bond motifs is 4. The molecule has 0 bridgehead atoms. The van der Waals surface area contributed by atoms with Crippen molar-refractivity contribution in [2.75, 3.05) is 34.2 Å². The highest BCUT2D eigenvalue weighted by Crippen LogP contribution is 2.55. The van der Waals surface area contributed by atoms with Crippen LogP contribution in [-0.2, 0) is 28.5 Å². The number of esters is 1. The summed E-state index contributed by atoms with van der Waals surface area (Å²) in [5.74, 6) is -4.72. The van der Waals surface area contributed by atoms with Gasteiger partial charge in [0.05, 0.1) is 45.8 Å². The van der Waals surface area contributed by atoms with Gasteiger partial charge in [0.2, 0.25) is 24.2 Å². The number of hydrogen-bond acceptors (Lipinski definition) is 14. The third-order valence-corrected chi connectivity index (χ3v) is 9.47. The molecule has 4 heterocycles. The van der Waals surface area contributed by atoms with Gasteiger partial charge in [-0.3, -0.25) is 9.59 Å². The molecule has 1 amide bonds.